The summed E-state index contributed by atoms with van der Waals surface area (Å²) in [6.45, 7) is 0.929. The molecule has 4 aromatic rings. The number of methoxy groups -OCH3 is 1. The van der Waals surface area contributed by atoms with Crippen LogP contribution in [0.5, 0.6) is 5.75 Å². The highest BCUT2D eigenvalue weighted by molar-refractivity contribution is 5.94. The van der Waals surface area contributed by atoms with E-state index < -0.39 is 5.82 Å². The molecular weight excluding hydrogens is 553 g/mol. The van der Waals surface area contributed by atoms with Gasteiger partial charge in [0.15, 0.2) is 11.6 Å². The SMILES string of the molecule is COCCOc1ccc(Nc2ncc(F)c(Nc3cccc(NC(=O)CCCCC(=O)Nc4ccccc4N)c3)n2)cc1. The van der Waals surface area contributed by atoms with Crippen LogP contribution in [0.4, 0.5) is 44.6 Å². The predicted molar refractivity (Wildman–Crippen MR) is 165 cm³/mol. The average molecular weight is 588 g/mol. The zero-order valence-corrected chi connectivity index (χ0v) is 23.7. The summed E-state index contributed by atoms with van der Waals surface area (Å²) in [5.74, 6) is -0.137. The van der Waals surface area contributed by atoms with Gasteiger partial charge in [-0.3, -0.25) is 9.59 Å². The maximum atomic E-state index is 14.5. The van der Waals surface area contributed by atoms with E-state index in [1.165, 1.54) is 0 Å². The minimum absolute atomic E-state index is 0.0315. The maximum Gasteiger partial charge on any atom is 0.229 e. The van der Waals surface area contributed by atoms with Crippen LogP contribution in [0, 0.1) is 5.82 Å². The number of hydrogen-bond donors (Lipinski definition) is 5. The van der Waals surface area contributed by atoms with Crippen molar-refractivity contribution in [3.8, 4) is 5.75 Å². The van der Waals surface area contributed by atoms with Crippen molar-refractivity contribution in [2.24, 2.45) is 0 Å². The standard InChI is InChI=1S/C31H34FN7O4/c1-42-17-18-43-24-15-13-21(14-16-24)37-31-34-20-25(32)30(39-31)36-23-8-6-7-22(19-23)35-28(40)11-4-5-12-29(41)38-27-10-3-2-9-26(27)33/h2-3,6-10,13-16,19-20H,4-5,11-12,17-18,33H2,1H3,(H,35,40)(H,38,41)(H2,34,36,37,39). The molecule has 1 aromatic heterocycles. The van der Waals surface area contributed by atoms with Crippen LogP contribution in [0.2, 0.25) is 0 Å². The minimum Gasteiger partial charge on any atom is -0.491 e. The Morgan fingerprint density at radius 3 is 2.30 bits per heavy atom. The Kier molecular flexibility index (Phi) is 11.2. The van der Waals surface area contributed by atoms with Gasteiger partial charge in [0.2, 0.25) is 17.8 Å². The number of nitrogen functional groups attached to an aromatic ring is 1. The highest BCUT2D eigenvalue weighted by Crippen LogP contribution is 2.24. The molecule has 0 radical (unpaired) electrons. The van der Waals surface area contributed by atoms with E-state index in [9.17, 15) is 14.0 Å². The number of rotatable bonds is 15. The average Bonchev–Trinajstić information content (AvgIpc) is 2.99. The molecule has 0 unspecified atom stereocenters. The number of ether oxygens (including phenoxy) is 2. The van der Waals surface area contributed by atoms with Gasteiger partial charge in [0.05, 0.1) is 24.2 Å². The normalized spacial score (nSPS) is 10.6. The van der Waals surface area contributed by atoms with Crippen molar-refractivity contribution in [2.45, 2.75) is 25.7 Å². The van der Waals surface area contributed by atoms with E-state index in [4.69, 9.17) is 15.2 Å². The van der Waals surface area contributed by atoms with E-state index in [1.54, 1.807) is 79.9 Å². The van der Waals surface area contributed by atoms with Gasteiger partial charge in [0.25, 0.3) is 0 Å². The molecule has 0 saturated carbocycles. The van der Waals surface area contributed by atoms with Crippen molar-refractivity contribution < 1.29 is 23.5 Å². The van der Waals surface area contributed by atoms with Crippen molar-refractivity contribution >= 4 is 52.0 Å². The highest BCUT2D eigenvalue weighted by Gasteiger charge is 2.10. The monoisotopic (exact) mass is 587 g/mol. The number of para-hydroxylation sites is 2. The van der Waals surface area contributed by atoms with Gasteiger partial charge >= 0.3 is 0 Å². The van der Waals surface area contributed by atoms with Gasteiger partial charge in [-0.1, -0.05) is 18.2 Å². The molecule has 11 nitrogen and oxygen atoms in total. The molecule has 43 heavy (non-hydrogen) atoms. The second-order valence-corrected chi connectivity index (χ2v) is 9.48. The summed E-state index contributed by atoms with van der Waals surface area (Å²) >= 11 is 0. The number of halogens is 1. The molecule has 0 bridgehead atoms. The summed E-state index contributed by atoms with van der Waals surface area (Å²) in [5.41, 5.74) is 8.67. The van der Waals surface area contributed by atoms with Gasteiger partial charge in [-0.2, -0.15) is 4.98 Å². The predicted octanol–water partition coefficient (Wildman–Crippen LogP) is 5.85. The lowest BCUT2D eigenvalue weighted by atomic mass is 10.1. The molecule has 2 amide bonds. The lowest BCUT2D eigenvalue weighted by molar-refractivity contribution is -0.118. The molecule has 12 heteroatoms. The smallest absolute Gasteiger partial charge is 0.229 e. The molecule has 0 spiro atoms. The van der Waals surface area contributed by atoms with Crippen LogP contribution < -0.4 is 31.7 Å². The van der Waals surface area contributed by atoms with Crippen LogP contribution in [0.1, 0.15) is 25.7 Å². The number of hydrogen-bond acceptors (Lipinski definition) is 9. The van der Waals surface area contributed by atoms with Crippen LogP contribution in [0.25, 0.3) is 0 Å². The third kappa shape index (κ3) is 9.97. The number of anilines is 7. The molecular formula is C31H34FN7O4. The van der Waals surface area contributed by atoms with E-state index in [-0.39, 0.29) is 36.4 Å². The fourth-order valence-electron chi connectivity index (χ4n) is 3.95. The number of carbonyl (C=O) groups is 2. The third-order valence-corrected chi connectivity index (χ3v) is 6.11. The Morgan fingerprint density at radius 2 is 1.56 bits per heavy atom. The first-order chi connectivity index (χ1) is 20.9. The Bertz CT molecular complexity index is 1520. The minimum atomic E-state index is -0.638. The summed E-state index contributed by atoms with van der Waals surface area (Å²) in [4.78, 5) is 32.9. The number of nitrogens with zero attached hydrogens (tertiary/aromatic N) is 2. The fourth-order valence-corrected chi connectivity index (χ4v) is 3.95. The first kappa shape index (κ1) is 30.7. The molecule has 0 aliphatic rings. The van der Waals surface area contributed by atoms with Crippen molar-refractivity contribution in [2.75, 3.05) is 47.3 Å². The molecule has 0 aliphatic carbocycles. The highest BCUT2D eigenvalue weighted by atomic mass is 19.1. The Balaban J connectivity index is 1.25. The molecule has 0 atom stereocenters. The van der Waals surface area contributed by atoms with Crippen molar-refractivity contribution in [1.29, 1.82) is 0 Å². The summed E-state index contributed by atoms with van der Waals surface area (Å²) in [7, 11) is 1.61. The van der Waals surface area contributed by atoms with E-state index in [0.717, 1.165) is 6.20 Å². The van der Waals surface area contributed by atoms with E-state index in [0.29, 0.717) is 60.2 Å². The molecule has 224 valence electrons. The summed E-state index contributed by atoms with van der Waals surface area (Å²) in [5, 5.41) is 11.6. The summed E-state index contributed by atoms with van der Waals surface area (Å²) in [6.07, 6.45) is 2.67. The van der Waals surface area contributed by atoms with Gasteiger partial charge in [-0.15, -0.1) is 0 Å². The first-order valence-electron chi connectivity index (χ1n) is 13.7. The number of benzene rings is 3. The Hall–Kier alpha value is -5.23. The van der Waals surface area contributed by atoms with E-state index in [2.05, 4.69) is 31.2 Å². The number of nitrogens with two attached hydrogens (primary N) is 1. The van der Waals surface area contributed by atoms with Crippen LogP contribution in [0.3, 0.4) is 0 Å². The van der Waals surface area contributed by atoms with Gasteiger partial charge in [-0.05, 0) is 67.4 Å². The summed E-state index contributed by atoms with van der Waals surface area (Å²) in [6, 6.07) is 21.1. The van der Waals surface area contributed by atoms with Crippen LogP contribution in [-0.4, -0.2) is 42.1 Å². The van der Waals surface area contributed by atoms with Crippen molar-refractivity contribution in [3.63, 3.8) is 0 Å². The van der Waals surface area contributed by atoms with Crippen LogP contribution in [0.15, 0.2) is 79.0 Å². The van der Waals surface area contributed by atoms with E-state index in [1.807, 2.05) is 0 Å². The molecule has 4 rings (SSSR count). The van der Waals surface area contributed by atoms with Crippen LogP contribution in [-0.2, 0) is 14.3 Å². The lowest BCUT2D eigenvalue weighted by Gasteiger charge is -2.12. The molecule has 1 heterocycles. The first-order valence-corrected chi connectivity index (χ1v) is 13.7. The summed E-state index contributed by atoms with van der Waals surface area (Å²) < 4.78 is 25.1. The van der Waals surface area contributed by atoms with Gasteiger partial charge in [-0.25, -0.2) is 9.37 Å². The molecule has 3 aromatic carbocycles. The number of unbranched alkanes of at least 4 members (excludes halogenated alkanes) is 1. The number of nitrogens with one attached hydrogen (secondary N) is 4. The molecule has 6 N–H and O–H groups in total. The van der Waals surface area contributed by atoms with Gasteiger partial charge in [0.1, 0.15) is 12.4 Å². The van der Waals surface area contributed by atoms with Crippen molar-refractivity contribution in [3.05, 3.63) is 84.8 Å². The van der Waals surface area contributed by atoms with Gasteiger partial charge in [0, 0.05) is 37.0 Å². The largest absolute Gasteiger partial charge is 0.491 e. The topological polar surface area (TPSA) is 153 Å². The Morgan fingerprint density at radius 1 is 0.837 bits per heavy atom. The lowest BCUT2D eigenvalue weighted by Crippen LogP contribution is -2.14. The van der Waals surface area contributed by atoms with Gasteiger partial charge < -0.3 is 36.5 Å². The quantitative estimate of drug-likeness (QED) is 0.0852. The van der Waals surface area contributed by atoms with Crippen LogP contribution >= 0.6 is 0 Å². The second kappa shape index (κ2) is 15.7. The number of carbonyl (C=O) groups excluding carboxylic acids is 2. The number of aromatic nitrogens is 2. The molecule has 0 fully saturated rings. The fraction of sp³-hybridized carbons (Fsp3) is 0.226. The second-order valence-electron chi connectivity index (χ2n) is 9.48. The van der Waals surface area contributed by atoms with Crippen molar-refractivity contribution in [1.82, 2.24) is 9.97 Å². The molecule has 0 saturated heterocycles. The molecule has 0 aliphatic heterocycles. The zero-order chi connectivity index (χ0) is 30.4. The zero-order valence-electron chi connectivity index (χ0n) is 23.7. The Labute approximate surface area is 249 Å². The third-order valence-electron chi connectivity index (χ3n) is 6.11. The number of amides is 2. The van der Waals surface area contributed by atoms with E-state index >= 15 is 0 Å². The maximum absolute atomic E-state index is 14.5.